The molecule has 1 unspecified atom stereocenters. The average Bonchev–Trinajstić information content (AvgIpc) is 2.93. The fourth-order valence-corrected chi connectivity index (χ4v) is 3.75. The molecule has 22 heavy (non-hydrogen) atoms. The predicted molar refractivity (Wildman–Crippen MR) is 90.1 cm³/mol. The molecule has 0 saturated carbocycles. The molecule has 0 saturated heterocycles. The molecular weight excluding hydrogens is 366 g/mol. The summed E-state index contributed by atoms with van der Waals surface area (Å²) in [6.45, 7) is 5.04. The number of aryl methyl sites for hydroxylation is 1. The normalized spacial score (nSPS) is 14.5. The van der Waals surface area contributed by atoms with Crippen molar-refractivity contribution in [3.63, 3.8) is 0 Å². The van der Waals surface area contributed by atoms with Crippen LogP contribution >= 0.6 is 27.3 Å². The lowest BCUT2D eigenvalue weighted by molar-refractivity contribution is 0.0943. The summed E-state index contributed by atoms with van der Waals surface area (Å²) in [5, 5.41) is 3.02. The highest BCUT2D eigenvalue weighted by Crippen LogP contribution is 2.37. The summed E-state index contributed by atoms with van der Waals surface area (Å²) < 4.78 is 12.1. The van der Waals surface area contributed by atoms with Crippen molar-refractivity contribution in [2.24, 2.45) is 0 Å². The summed E-state index contributed by atoms with van der Waals surface area (Å²) in [5.41, 5.74) is 0.964. The summed E-state index contributed by atoms with van der Waals surface area (Å²) in [5.74, 6) is 1.39. The first kappa shape index (κ1) is 15.4. The van der Waals surface area contributed by atoms with Crippen LogP contribution in [0.1, 0.15) is 33.1 Å². The summed E-state index contributed by atoms with van der Waals surface area (Å²) >= 11 is 5.03. The molecule has 4 nitrogen and oxygen atoms in total. The third-order valence-corrected chi connectivity index (χ3v) is 5.13. The topological polar surface area (TPSA) is 47.6 Å². The monoisotopic (exact) mass is 381 g/mol. The molecule has 2 aromatic rings. The van der Waals surface area contributed by atoms with Gasteiger partial charge in [-0.25, -0.2) is 0 Å². The number of thiophene rings is 1. The van der Waals surface area contributed by atoms with Crippen molar-refractivity contribution in [1.29, 1.82) is 0 Å². The van der Waals surface area contributed by atoms with E-state index in [9.17, 15) is 4.79 Å². The SMILES string of the molecule is Cc1ccc(C(=O)NC(C)c2cc3c(cc2Br)OCCO3)s1. The molecule has 1 aromatic heterocycles. The van der Waals surface area contributed by atoms with E-state index in [2.05, 4.69) is 21.2 Å². The van der Waals surface area contributed by atoms with E-state index in [1.807, 2.05) is 38.1 Å². The first-order valence-electron chi connectivity index (χ1n) is 7.01. The Hall–Kier alpha value is -1.53. The highest BCUT2D eigenvalue weighted by Gasteiger charge is 2.20. The van der Waals surface area contributed by atoms with Gasteiger partial charge >= 0.3 is 0 Å². The smallest absolute Gasteiger partial charge is 0.261 e. The van der Waals surface area contributed by atoms with Crippen molar-refractivity contribution in [2.75, 3.05) is 13.2 Å². The Morgan fingerprint density at radius 3 is 2.59 bits per heavy atom. The van der Waals surface area contributed by atoms with Crippen LogP contribution in [-0.2, 0) is 0 Å². The fourth-order valence-electron chi connectivity index (χ4n) is 2.31. The molecule has 1 aromatic carbocycles. The second-order valence-electron chi connectivity index (χ2n) is 5.12. The molecule has 3 rings (SSSR count). The van der Waals surface area contributed by atoms with Crippen LogP contribution in [0.3, 0.4) is 0 Å². The van der Waals surface area contributed by atoms with Crippen LogP contribution in [0.15, 0.2) is 28.7 Å². The number of amides is 1. The number of rotatable bonds is 3. The molecule has 0 bridgehead atoms. The summed E-state index contributed by atoms with van der Waals surface area (Å²) in [4.78, 5) is 14.1. The van der Waals surface area contributed by atoms with E-state index >= 15 is 0 Å². The second-order valence-corrected chi connectivity index (χ2v) is 7.27. The highest BCUT2D eigenvalue weighted by molar-refractivity contribution is 9.10. The lowest BCUT2D eigenvalue weighted by Crippen LogP contribution is -2.26. The number of halogens is 1. The van der Waals surface area contributed by atoms with E-state index in [1.54, 1.807) is 0 Å². The van der Waals surface area contributed by atoms with Gasteiger partial charge in [-0.15, -0.1) is 11.3 Å². The van der Waals surface area contributed by atoms with Gasteiger partial charge in [0.1, 0.15) is 13.2 Å². The van der Waals surface area contributed by atoms with Crippen molar-refractivity contribution in [2.45, 2.75) is 19.9 Å². The molecule has 6 heteroatoms. The Morgan fingerprint density at radius 1 is 1.27 bits per heavy atom. The zero-order chi connectivity index (χ0) is 15.7. The molecular formula is C16H16BrNO3S. The number of nitrogens with one attached hydrogen (secondary N) is 1. The Bertz CT molecular complexity index is 713. The zero-order valence-electron chi connectivity index (χ0n) is 12.3. The molecule has 1 atom stereocenters. The molecule has 0 aliphatic carbocycles. The van der Waals surface area contributed by atoms with Gasteiger partial charge in [-0.05, 0) is 43.7 Å². The number of hydrogen-bond acceptors (Lipinski definition) is 4. The van der Waals surface area contributed by atoms with Crippen LogP contribution in [0.4, 0.5) is 0 Å². The molecule has 1 aliphatic rings. The highest BCUT2D eigenvalue weighted by atomic mass is 79.9. The van der Waals surface area contributed by atoms with E-state index in [1.165, 1.54) is 11.3 Å². The minimum atomic E-state index is -0.139. The Kier molecular flexibility index (Phi) is 4.40. The lowest BCUT2D eigenvalue weighted by atomic mass is 10.1. The summed E-state index contributed by atoms with van der Waals surface area (Å²) in [6.07, 6.45) is 0. The third-order valence-electron chi connectivity index (χ3n) is 3.44. The molecule has 1 N–H and O–H groups in total. The number of carbonyl (C=O) groups is 1. The van der Waals surface area contributed by atoms with Gasteiger partial charge in [0, 0.05) is 9.35 Å². The summed E-state index contributed by atoms with van der Waals surface area (Å²) in [7, 11) is 0. The molecule has 116 valence electrons. The van der Waals surface area contributed by atoms with Crippen LogP contribution in [0.25, 0.3) is 0 Å². The van der Waals surface area contributed by atoms with E-state index in [-0.39, 0.29) is 11.9 Å². The minimum absolute atomic E-state index is 0.0626. The molecule has 0 fully saturated rings. The maximum atomic E-state index is 12.3. The number of benzene rings is 1. The number of carbonyl (C=O) groups excluding carboxylic acids is 1. The number of fused-ring (bicyclic) bond motifs is 1. The molecule has 1 aliphatic heterocycles. The van der Waals surface area contributed by atoms with Gasteiger partial charge in [0.25, 0.3) is 5.91 Å². The van der Waals surface area contributed by atoms with E-state index in [0.29, 0.717) is 13.2 Å². The maximum absolute atomic E-state index is 12.3. The van der Waals surface area contributed by atoms with Crippen LogP contribution < -0.4 is 14.8 Å². The standard InChI is InChI=1S/C16H16BrNO3S/c1-9-3-4-15(22-9)16(19)18-10(2)11-7-13-14(8-12(11)17)21-6-5-20-13/h3-4,7-8,10H,5-6H2,1-2H3,(H,18,19). The van der Waals surface area contributed by atoms with Crippen LogP contribution in [0, 0.1) is 6.92 Å². The Morgan fingerprint density at radius 2 is 1.95 bits per heavy atom. The number of hydrogen-bond donors (Lipinski definition) is 1. The van der Waals surface area contributed by atoms with E-state index in [4.69, 9.17) is 9.47 Å². The van der Waals surface area contributed by atoms with Crippen molar-refractivity contribution < 1.29 is 14.3 Å². The Labute approximate surface area is 141 Å². The van der Waals surface area contributed by atoms with Crippen LogP contribution in [0.5, 0.6) is 11.5 Å². The van der Waals surface area contributed by atoms with Crippen LogP contribution in [-0.4, -0.2) is 19.1 Å². The summed E-state index contributed by atoms with van der Waals surface area (Å²) in [6, 6.07) is 7.47. The third kappa shape index (κ3) is 3.13. The van der Waals surface area contributed by atoms with Gasteiger partial charge in [-0.1, -0.05) is 15.9 Å². The van der Waals surface area contributed by atoms with Gasteiger partial charge in [0.2, 0.25) is 0 Å². The van der Waals surface area contributed by atoms with Crippen molar-refractivity contribution >= 4 is 33.2 Å². The molecule has 0 radical (unpaired) electrons. The quantitative estimate of drug-likeness (QED) is 0.870. The van der Waals surface area contributed by atoms with E-state index < -0.39 is 0 Å². The zero-order valence-corrected chi connectivity index (χ0v) is 14.7. The average molecular weight is 382 g/mol. The fraction of sp³-hybridized carbons (Fsp3) is 0.312. The largest absolute Gasteiger partial charge is 0.486 e. The number of ether oxygens (including phenoxy) is 2. The maximum Gasteiger partial charge on any atom is 0.261 e. The molecule has 2 heterocycles. The molecule has 1 amide bonds. The van der Waals surface area contributed by atoms with Gasteiger partial charge < -0.3 is 14.8 Å². The molecule has 0 spiro atoms. The minimum Gasteiger partial charge on any atom is -0.486 e. The van der Waals surface area contributed by atoms with Crippen molar-refractivity contribution in [3.05, 3.63) is 44.1 Å². The second kappa shape index (κ2) is 6.30. The lowest BCUT2D eigenvalue weighted by Gasteiger charge is -2.22. The first-order chi connectivity index (χ1) is 10.5. The van der Waals surface area contributed by atoms with Gasteiger partial charge in [-0.2, -0.15) is 0 Å². The van der Waals surface area contributed by atoms with Crippen LogP contribution in [0.2, 0.25) is 0 Å². The van der Waals surface area contributed by atoms with E-state index in [0.717, 1.165) is 31.3 Å². The van der Waals surface area contributed by atoms with Crippen molar-refractivity contribution in [1.82, 2.24) is 5.32 Å². The predicted octanol–water partition coefficient (Wildman–Crippen LogP) is 4.08. The first-order valence-corrected chi connectivity index (χ1v) is 8.62. The van der Waals surface area contributed by atoms with Gasteiger partial charge in [0.05, 0.1) is 10.9 Å². The van der Waals surface area contributed by atoms with Gasteiger partial charge in [-0.3, -0.25) is 4.79 Å². The Balaban J connectivity index is 1.80. The van der Waals surface area contributed by atoms with Crippen molar-refractivity contribution in [3.8, 4) is 11.5 Å². The van der Waals surface area contributed by atoms with Gasteiger partial charge in [0.15, 0.2) is 11.5 Å².